The second kappa shape index (κ2) is 5.80. The summed E-state index contributed by atoms with van der Waals surface area (Å²) in [4.78, 5) is 14.9. The number of nitriles is 1. The molecule has 1 heterocycles. The fourth-order valence-corrected chi connectivity index (χ4v) is 1.59. The van der Waals surface area contributed by atoms with Crippen molar-refractivity contribution in [2.24, 2.45) is 5.73 Å². The van der Waals surface area contributed by atoms with Crippen molar-refractivity contribution in [2.75, 3.05) is 5.32 Å². The summed E-state index contributed by atoms with van der Waals surface area (Å²) in [6.07, 6.45) is 1.35. The summed E-state index contributed by atoms with van der Waals surface area (Å²) in [6.45, 7) is 0.223. The lowest BCUT2D eigenvalue weighted by atomic mass is 10.1. The fraction of sp³-hybridized carbons (Fsp3) is 0.0714. The summed E-state index contributed by atoms with van der Waals surface area (Å²) in [5, 5.41) is 11.6. The number of nitrogens with one attached hydrogen (secondary N) is 1. The standard InChI is InChI=1S/C14H11FN4O/c15-12-5-9(6-16)1-2-10(12)7-18-13-4-3-11(8-19-13)14(17)20/h1-5,8H,7H2,(H2,17,20)(H,18,19). The number of anilines is 1. The average Bonchev–Trinajstić information content (AvgIpc) is 2.46. The number of nitrogens with zero attached hydrogens (tertiary/aromatic N) is 2. The van der Waals surface area contributed by atoms with Gasteiger partial charge in [-0.05, 0) is 24.3 Å². The first-order valence-electron chi connectivity index (χ1n) is 5.78. The first-order chi connectivity index (χ1) is 9.60. The molecule has 2 rings (SSSR count). The van der Waals surface area contributed by atoms with Crippen LogP contribution in [0.2, 0.25) is 0 Å². The van der Waals surface area contributed by atoms with Crippen LogP contribution in [-0.2, 0) is 6.54 Å². The number of hydrogen-bond donors (Lipinski definition) is 2. The molecule has 0 aliphatic carbocycles. The molecule has 0 aliphatic rings. The molecule has 5 nitrogen and oxygen atoms in total. The van der Waals surface area contributed by atoms with Crippen molar-refractivity contribution in [3.63, 3.8) is 0 Å². The zero-order valence-corrected chi connectivity index (χ0v) is 10.4. The van der Waals surface area contributed by atoms with Gasteiger partial charge in [-0.15, -0.1) is 0 Å². The van der Waals surface area contributed by atoms with Crippen molar-refractivity contribution in [1.82, 2.24) is 4.98 Å². The number of carbonyl (C=O) groups is 1. The van der Waals surface area contributed by atoms with Gasteiger partial charge < -0.3 is 11.1 Å². The number of halogens is 1. The Balaban J connectivity index is 2.05. The predicted molar refractivity (Wildman–Crippen MR) is 71.2 cm³/mol. The van der Waals surface area contributed by atoms with Gasteiger partial charge in [0.2, 0.25) is 5.91 Å². The Morgan fingerprint density at radius 2 is 2.20 bits per heavy atom. The quantitative estimate of drug-likeness (QED) is 0.886. The summed E-state index contributed by atoms with van der Waals surface area (Å²) in [5.41, 5.74) is 6.10. The van der Waals surface area contributed by atoms with Gasteiger partial charge in [-0.25, -0.2) is 9.37 Å². The molecule has 0 unspecified atom stereocenters. The first kappa shape index (κ1) is 13.5. The summed E-state index contributed by atoms with van der Waals surface area (Å²) in [6, 6.07) is 9.26. The number of hydrogen-bond acceptors (Lipinski definition) is 4. The first-order valence-corrected chi connectivity index (χ1v) is 5.78. The molecular weight excluding hydrogens is 259 g/mol. The molecule has 1 aromatic carbocycles. The minimum Gasteiger partial charge on any atom is -0.366 e. The zero-order chi connectivity index (χ0) is 14.5. The molecule has 1 amide bonds. The summed E-state index contributed by atoms with van der Waals surface area (Å²) in [7, 11) is 0. The molecule has 0 bridgehead atoms. The van der Waals surface area contributed by atoms with Crippen LogP contribution in [0.25, 0.3) is 0 Å². The lowest BCUT2D eigenvalue weighted by Crippen LogP contribution is -2.11. The van der Waals surface area contributed by atoms with E-state index in [9.17, 15) is 9.18 Å². The van der Waals surface area contributed by atoms with Crippen molar-refractivity contribution in [2.45, 2.75) is 6.54 Å². The van der Waals surface area contributed by atoms with Gasteiger partial charge in [-0.3, -0.25) is 4.79 Å². The van der Waals surface area contributed by atoms with Crippen LogP contribution >= 0.6 is 0 Å². The van der Waals surface area contributed by atoms with Crippen molar-refractivity contribution >= 4 is 11.7 Å². The van der Waals surface area contributed by atoms with E-state index in [1.165, 1.54) is 18.3 Å². The van der Waals surface area contributed by atoms with E-state index < -0.39 is 11.7 Å². The van der Waals surface area contributed by atoms with E-state index in [0.29, 0.717) is 16.9 Å². The normalized spacial score (nSPS) is 9.80. The van der Waals surface area contributed by atoms with Crippen LogP contribution in [0.1, 0.15) is 21.5 Å². The highest BCUT2D eigenvalue weighted by atomic mass is 19.1. The zero-order valence-electron chi connectivity index (χ0n) is 10.4. The minimum atomic E-state index is -0.554. The van der Waals surface area contributed by atoms with Crippen LogP contribution in [0.4, 0.5) is 10.2 Å². The maximum Gasteiger partial charge on any atom is 0.250 e. The van der Waals surface area contributed by atoms with E-state index in [0.717, 1.165) is 0 Å². The second-order valence-electron chi connectivity index (χ2n) is 4.07. The van der Waals surface area contributed by atoms with Gasteiger partial charge in [-0.1, -0.05) is 6.07 Å². The molecule has 0 radical (unpaired) electrons. The number of nitrogens with two attached hydrogens (primary N) is 1. The van der Waals surface area contributed by atoms with Crippen LogP contribution in [0.3, 0.4) is 0 Å². The molecule has 20 heavy (non-hydrogen) atoms. The maximum absolute atomic E-state index is 13.6. The van der Waals surface area contributed by atoms with Crippen LogP contribution in [0, 0.1) is 17.1 Å². The second-order valence-corrected chi connectivity index (χ2v) is 4.07. The molecule has 0 fully saturated rings. The Hall–Kier alpha value is -2.94. The average molecular weight is 270 g/mol. The van der Waals surface area contributed by atoms with Crippen molar-refractivity contribution in [3.8, 4) is 6.07 Å². The largest absolute Gasteiger partial charge is 0.366 e. The third-order valence-electron chi connectivity index (χ3n) is 2.69. The Morgan fingerprint density at radius 1 is 1.40 bits per heavy atom. The van der Waals surface area contributed by atoms with Crippen molar-refractivity contribution in [1.29, 1.82) is 5.26 Å². The van der Waals surface area contributed by atoms with Crippen LogP contribution < -0.4 is 11.1 Å². The Kier molecular flexibility index (Phi) is 3.91. The maximum atomic E-state index is 13.6. The molecule has 2 aromatic rings. The molecule has 6 heteroatoms. The van der Waals surface area contributed by atoms with E-state index in [1.54, 1.807) is 18.2 Å². The van der Waals surface area contributed by atoms with Gasteiger partial charge in [0.1, 0.15) is 11.6 Å². The van der Waals surface area contributed by atoms with Gasteiger partial charge in [0.25, 0.3) is 0 Å². The molecule has 0 spiro atoms. The van der Waals surface area contributed by atoms with Crippen LogP contribution in [0.5, 0.6) is 0 Å². The monoisotopic (exact) mass is 270 g/mol. The Labute approximate surface area is 114 Å². The number of pyridine rings is 1. The minimum absolute atomic E-state index is 0.223. The van der Waals surface area contributed by atoms with Gasteiger partial charge in [0.15, 0.2) is 0 Å². The van der Waals surface area contributed by atoms with E-state index in [4.69, 9.17) is 11.0 Å². The molecule has 0 aliphatic heterocycles. The van der Waals surface area contributed by atoms with Crippen LogP contribution in [0.15, 0.2) is 36.5 Å². The van der Waals surface area contributed by atoms with E-state index in [1.807, 2.05) is 6.07 Å². The highest BCUT2D eigenvalue weighted by Gasteiger charge is 2.05. The third kappa shape index (κ3) is 3.09. The molecule has 100 valence electrons. The molecule has 1 aromatic heterocycles. The number of benzene rings is 1. The van der Waals surface area contributed by atoms with E-state index in [-0.39, 0.29) is 12.1 Å². The number of rotatable bonds is 4. The topological polar surface area (TPSA) is 91.8 Å². The van der Waals surface area contributed by atoms with Gasteiger partial charge >= 0.3 is 0 Å². The number of carbonyl (C=O) groups excluding carboxylic acids is 1. The molecule has 0 atom stereocenters. The van der Waals surface area contributed by atoms with Gasteiger partial charge in [-0.2, -0.15) is 5.26 Å². The summed E-state index contributed by atoms with van der Waals surface area (Å²) < 4.78 is 13.6. The number of amides is 1. The number of primary amides is 1. The molecule has 0 saturated heterocycles. The third-order valence-corrected chi connectivity index (χ3v) is 2.69. The smallest absolute Gasteiger partial charge is 0.250 e. The highest BCUT2D eigenvalue weighted by molar-refractivity contribution is 5.92. The Morgan fingerprint density at radius 3 is 2.75 bits per heavy atom. The van der Waals surface area contributed by atoms with Crippen molar-refractivity contribution < 1.29 is 9.18 Å². The molecule has 3 N–H and O–H groups in total. The summed E-state index contributed by atoms with van der Waals surface area (Å²) >= 11 is 0. The fourth-order valence-electron chi connectivity index (χ4n) is 1.59. The SMILES string of the molecule is N#Cc1ccc(CNc2ccc(C(N)=O)cn2)c(F)c1. The lowest BCUT2D eigenvalue weighted by Gasteiger charge is -2.07. The van der Waals surface area contributed by atoms with Crippen LogP contribution in [-0.4, -0.2) is 10.9 Å². The lowest BCUT2D eigenvalue weighted by molar-refractivity contribution is 0.1000. The number of aromatic nitrogens is 1. The Bertz CT molecular complexity index is 677. The van der Waals surface area contributed by atoms with Gasteiger partial charge in [0.05, 0.1) is 17.2 Å². The summed E-state index contributed by atoms with van der Waals surface area (Å²) in [5.74, 6) is -0.508. The van der Waals surface area contributed by atoms with Gasteiger partial charge in [0, 0.05) is 18.3 Å². The molecular formula is C14H11FN4O. The highest BCUT2D eigenvalue weighted by Crippen LogP contribution is 2.12. The van der Waals surface area contributed by atoms with Crippen molar-refractivity contribution in [3.05, 3.63) is 59.0 Å². The molecule has 0 saturated carbocycles. The van der Waals surface area contributed by atoms with E-state index in [2.05, 4.69) is 10.3 Å². The van der Waals surface area contributed by atoms with E-state index >= 15 is 0 Å². The predicted octanol–water partition coefficient (Wildman–Crippen LogP) is 1.80.